The van der Waals surface area contributed by atoms with E-state index in [1.165, 1.54) is 17.0 Å². The molecule has 14 heteroatoms. The van der Waals surface area contributed by atoms with Crippen molar-refractivity contribution in [2.24, 2.45) is 16.5 Å². The summed E-state index contributed by atoms with van der Waals surface area (Å²) in [5, 5.41) is 2.77. The zero-order valence-corrected chi connectivity index (χ0v) is 27.0. The first-order valence-corrected chi connectivity index (χ1v) is 16.5. The van der Waals surface area contributed by atoms with Crippen molar-refractivity contribution in [1.82, 2.24) is 10.2 Å². The first-order chi connectivity index (χ1) is 22.4. The van der Waals surface area contributed by atoms with Gasteiger partial charge in [0.15, 0.2) is 5.96 Å². The van der Waals surface area contributed by atoms with E-state index >= 15 is 0 Å². The zero-order chi connectivity index (χ0) is 34.2. The number of carbonyl (C=O) groups is 3. The van der Waals surface area contributed by atoms with Gasteiger partial charge in [0.1, 0.15) is 25.3 Å². The van der Waals surface area contributed by atoms with Gasteiger partial charge in [-0.1, -0.05) is 78.4 Å². The number of aliphatic imine (C=N–C) groups is 1. The van der Waals surface area contributed by atoms with Crippen molar-refractivity contribution in [3.05, 3.63) is 102 Å². The van der Waals surface area contributed by atoms with Gasteiger partial charge in [0.2, 0.25) is 5.91 Å². The Morgan fingerprint density at radius 3 is 2.06 bits per heavy atom. The average molecular weight is 668 g/mol. The van der Waals surface area contributed by atoms with Crippen LogP contribution in [-0.2, 0) is 42.4 Å². The Labute approximate surface area is 274 Å². The van der Waals surface area contributed by atoms with Gasteiger partial charge in [-0.15, -0.1) is 0 Å². The number of rotatable bonds is 12. The van der Waals surface area contributed by atoms with E-state index in [0.29, 0.717) is 32.4 Å². The largest absolute Gasteiger partial charge is 0.459 e. The van der Waals surface area contributed by atoms with Crippen molar-refractivity contribution in [1.29, 1.82) is 0 Å². The Morgan fingerprint density at radius 2 is 1.51 bits per heavy atom. The highest BCUT2D eigenvalue weighted by atomic mass is 32.2. The van der Waals surface area contributed by atoms with E-state index in [9.17, 15) is 22.8 Å². The fourth-order valence-corrected chi connectivity index (χ4v) is 5.10. The minimum atomic E-state index is -4.02. The molecule has 0 saturated carbocycles. The fourth-order valence-electron chi connectivity index (χ4n) is 4.62. The van der Waals surface area contributed by atoms with Crippen LogP contribution >= 0.6 is 0 Å². The summed E-state index contributed by atoms with van der Waals surface area (Å²) >= 11 is 0. The number of amides is 2. The SMILES string of the molecule is Cc1ccc(S(=O)(=O)O)cc1.NC(N)=NCCC[C@H](NC(=O)[C@@H]1CCCN1C(=O)OCc1ccccc1)C(=O)OCc1ccccc1. The molecular formula is C33H41N5O8S. The predicted molar refractivity (Wildman–Crippen MR) is 175 cm³/mol. The van der Waals surface area contributed by atoms with Gasteiger partial charge in [0.05, 0.1) is 4.90 Å². The summed E-state index contributed by atoms with van der Waals surface area (Å²) in [7, 11) is -4.02. The number of aryl methyl sites for hydroxylation is 1. The van der Waals surface area contributed by atoms with Gasteiger partial charge in [-0.05, 0) is 55.9 Å². The molecular weight excluding hydrogens is 626 g/mol. The van der Waals surface area contributed by atoms with E-state index < -0.39 is 40.2 Å². The molecule has 1 aliphatic heterocycles. The molecule has 47 heavy (non-hydrogen) atoms. The van der Waals surface area contributed by atoms with Gasteiger partial charge in [-0.25, -0.2) is 9.59 Å². The standard InChI is InChI=1S/C26H33N5O5.C7H8O3S/c27-25(28)29-15-7-13-21(24(33)35-17-19-9-3-1-4-10-19)30-23(32)22-14-8-16-31(22)26(34)36-18-20-11-5-2-6-12-20;1-6-2-4-7(5-3-6)11(8,9)10/h1-6,9-12,21-22H,7-8,13-18H2,(H,30,32)(H4,27,28,29);2-5H,1H3,(H,8,9,10)/t21-,22-;/m0./s1. The van der Waals surface area contributed by atoms with E-state index in [4.69, 9.17) is 25.5 Å². The van der Waals surface area contributed by atoms with Crippen molar-refractivity contribution in [3.8, 4) is 0 Å². The highest BCUT2D eigenvalue weighted by molar-refractivity contribution is 7.85. The molecule has 1 fully saturated rings. The van der Waals surface area contributed by atoms with Crippen LogP contribution in [0.1, 0.15) is 42.4 Å². The second-order valence-electron chi connectivity index (χ2n) is 10.8. The van der Waals surface area contributed by atoms with Crippen LogP contribution in [0.3, 0.4) is 0 Å². The predicted octanol–water partition coefficient (Wildman–Crippen LogP) is 3.31. The van der Waals surface area contributed by atoms with Gasteiger partial charge < -0.3 is 26.3 Å². The Balaban J connectivity index is 0.000000461. The molecule has 1 saturated heterocycles. The van der Waals surface area contributed by atoms with Crippen LogP contribution in [0.4, 0.5) is 4.79 Å². The van der Waals surface area contributed by atoms with Crippen molar-refractivity contribution < 1.29 is 36.8 Å². The van der Waals surface area contributed by atoms with Crippen LogP contribution < -0.4 is 16.8 Å². The van der Waals surface area contributed by atoms with Crippen LogP contribution in [0.15, 0.2) is 94.8 Å². The van der Waals surface area contributed by atoms with Crippen molar-refractivity contribution >= 4 is 34.0 Å². The summed E-state index contributed by atoms with van der Waals surface area (Å²) in [4.78, 5) is 43.9. The van der Waals surface area contributed by atoms with Gasteiger partial charge in [-0.3, -0.25) is 19.2 Å². The third kappa shape index (κ3) is 12.8. The number of nitrogens with zero attached hydrogens (tertiary/aromatic N) is 2. The average Bonchev–Trinajstić information content (AvgIpc) is 3.55. The van der Waals surface area contributed by atoms with Gasteiger partial charge in [-0.2, -0.15) is 8.42 Å². The molecule has 1 aliphatic rings. The van der Waals surface area contributed by atoms with E-state index in [1.807, 2.05) is 67.6 Å². The maximum absolute atomic E-state index is 13.1. The summed E-state index contributed by atoms with van der Waals surface area (Å²) in [5.74, 6) is -1.03. The second-order valence-corrected chi connectivity index (χ2v) is 12.2. The van der Waals surface area contributed by atoms with Crippen LogP contribution in [0.5, 0.6) is 0 Å². The van der Waals surface area contributed by atoms with E-state index in [0.717, 1.165) is 16.7 Å². The molecule has 0 aliphatic carbocycles. The van der Waals surface area contributed by atoms with Crippen LogP contribution in [0.25, 0.3) is 0 Å². The summed E-state index contributed by atoms with van der Waals surface area (Å²) in [6, 6.07) is 22.9. The molecule has 3 aromatic rings. The molecule has 0 aromatic heterocycles. The molecule has 1 heterocycles. The van der Waals surface area contributed by atoms with Gasteiger partial charge >= 0.3 is 12.1 Å². The lowest BCUT2D eigenvalue weighted by molar-refractivity contribution is -0.149. The summed E-state index contributed by atoms with van der Waals surface area (Å²) in [5.41, 5.74) is 13.4. The van der Waals surface area contributed by atoms with E-state index in [2.05, 4.69) is 10.3 Å². The smallest absolute Gasteiger partial charge is 0.410 e. The fraction of sp³-hybridized carbons (Fsp3) is 0.333. The van der Waals surface area contributed by atoms with Crippen LogP contribution in [0, 0.1) is 6.92 Å². The quantitative estimate of drug-likeness (QED) is 0.0729. The normalized spacial score (nSPS) is 14.6. The van der Waals surface area contributed by atoms with Crippen molar-refractivity contribution in [3.63, 3.8) is 0 Å². The molecule has 2 amide bonds. The number of guanidine groups is 1. The molecule has 2 atom stereocenters. The number of hydrogen-bond acceptors (Lipinski definition) is 8. The first kappa shape index (κ1) is 36.5. The minimum absolute atomic E-state index is 0.0437. The topological polar surface area (TPSA) is 204 Å². The molecule has 0 radical (unpaired) electrons. The summed E-state index contributed by atoms with van der Waals surface area (Å²) in [6.07, 6.45) is 1.31. The van der Waals surface area contributed by atoms with Gasteiger partial charge in [0, 0.05) is 13.1 Å². The molecule has 4 rings (SSSR count). The Morgan fingerprint density at radius 1 is 0.936 bits per heavy atom. The number of hydrogen-bond donors (Lipinski definition) is 4. The van der Waals surface area contributed by atoms with Crippen LogP contribution in [-0.4, -0.2) is 67.0 Å². The highest BCUT2D eigenvalue weighted by Gasteiger charge is 2.37. The third-order valence-corrected chi connectivity index (χ3v) is 7.95. The van der Waals surface area contributed by atoms with Crippen LogP contribution in [0.2, 0.25) is 0 Å². The highest BCUT2D eigenvalue weighted by Crippen LogP contribution is 2.20. The molecule has 0 bridgehead atoms. The van der Waals surface area contributed by atoms with E-state index in [1.54, 1.807) is 12.1 Å². The molecule has 0 unspecified atom stereocenters. The molecule has 6 N–H and O–H groups in total. The zero-order valence-electron chi connectivity index (χ0n) is 26.2. The number of benzene rings is 3. The summed E-state index contributed by atoms with van der Waals surface area (Å²) < 4.78 is 40.4. The summed E-state index contributed by atoms with van der Waals surface area (Å²) in [6.45, 7) is 2.75. The lowest BCUT2D eigenvalue weighted by Crippen LogP contribution is -2.51. The number of carbonyl (C=O) groups excluding carboxylic acids is 3. The molecule has 13 nitrogen and oxygen atoms in total. The lowest BCUT2D eigenvalue weighted by atomic mass is 10.1. The monoisotopic (exact) mass is 667 g/mol. The molecule has 3 aromatic carbocycles. The number of ether oxygens (including phenoxy) is 2. The second kappa shape index (κ2) is 18.3. The third-order valence-electron chi connectivity index (χ3n) is 7.08. The minimum Gasteiger partial charge on any atom is -0.459 e. The Hall–Kier alpha value is -4.95. The Kier molecular flexibility index (Phi) is 14.2. The lowest BCUT2D eigenvalue weighted by Gasteiger charge is -2.25. The van der Waals surface area contributed by atoms with Crippen molar-refractivity contribution in [2.45, 2.75) is 62.8 Å². The molecule has 0 spiro atoms. The molecule has 252 valence electrons. The number of nitrogens with one attached hydrogen (secondary N) is 1. The maximum atomic E-state index is 13.1. The number of likely N-dealkylation sites (tertiary alicyclic amines) is 1. The number of nitrogens with two attached hydrogens (primary N) is 2. The van der Waals surface area contributed by atoms with E-state index in [-0.39, 0.29) is 30.5 Å². The first-order valence-electron chi connectivity index (χ1n) is 15.0. The van der Waals surface area contributed by atoms with Crippen molar-refractivity contribution in [2.75, 3.05) is 13.1 Å². The maximum Gasteiger partial charge on any atom is 0.410 e. The number of esters is 1. The van der Waals surface area contributed by atoms with Gasteiger partial charge in [0.25, 0.3) is 10.1 Å². The Bertz CT molecular complexity index is 1580.